The average molecular weight is 667 g/mol. The molecule has 3 fully saturated rings. The van der Waals surface area contributed by atoms with Crippen molar-refractivity contribution in [2.75, 3.05) is 32.7 Å². The number of benzene rings is 2. The Kier molecular flexibility index (Phi) is 10.5. The Balaban J connectivity index is 1.11. The topological polar surface area (TPSA) is 128 Å². The molecule has 11 heteroatoms. The number of amides is 2. The number of rotatable bonds is 11. The van der Waals surface area contributed by atoms with Crippen molar-refractivity contribution in [3.05, 3.63) is 64.9 Å². The summed E-state index contributed by atoms with van der Waals surface area (Å²) in [5, 5.41) is 13.3. The van der Waals surface area contributed by atoms with Crippen LogP contribution in [0.3, 0.4) is 0 Å². The van der Waals surface area contributed by atoms with Crippen molar-refractivity contribution in [2.24, 2.45) is 17.8 Å². The molecule has 2 N–H and O–H groups in total. The summed E-state index contributed by atoms with van der Waals surface area (Å²) in [4.78, 5) is 40.2. The quantitative estimate of drug-likeness (QED) is 0.248. The molecular weight excluding hydrogens is 624 g/mol. The summed E-state index contributed by atoms with van der Waals surface area (Å²) < 4.78 is 23.3. The van der Waals surface area contributed by atoms with E-state index >= 15 is 0 Å². The van der Waals surface area contributed by atoms with Crippen LogP contribution in [0.2, 0.25) is 5.02 Å². The number of halogens is 1. The number of aliphatic carboxylic acids is 1. The molecule has 6 rings (SSSR count). The SMILES string of the molecule is CO[C@H]1CC([C@H]2C[C@@H](COC3CCC(C(=O)O)CC3)N(C(=O)Cc3ccc(NC(=O)c4coc5ccccc45)c(Cl)c3)C2)C[C@H]1OC. The molecule has 3 aliphatic rings. The molecule has 0 spiro atoms. The number of methoxy groups -OCH3 is 2. The Hall–Kier alpha value is -3.44. The van der Waals surface area contributed by atoms with Crippen LogP contribution in [-0.2, 0) is 30.2 Å². The molecule has 2 aromatic carbocycles. The lowest BCUT2D eigenvalue weighted by molar-refractivity contribution is -0.144. The number of nitrogens with zero attached hydrogens (tertiary/aromatic N) is 1. The zero-order valence-corrected chi connectivity index (χ0v) is 27.6. The summed E-state index contributed by atoms with van der Waals surface area (Å²) in [7, 11) is 3.45. The van der Waals surface area contributed by atoms with Gasteiger partial charge in [-0.25, -0.2) is 0 Å². The van der Waals surface area contributed by atoms with E-state index in [0.29, 0.717) is 77.9 Å². The molecule has 0 radical (unpaired) electrons. The van der Waals surface area contributed by atoms with E-state index in [9.17, 15) is 19.5 Å². The molecular formula is C36H43ClN2O8. The van der Waals surface area contributed by atoms with Crippen LogP contribution in [0.15, 0.2) is 53.1 Å². The van der Waals surface area contributed by atoms with Gasteiger partial charge in [-0.15, -0.1) is 0 Å². The Morgan fingerprint density at radius 2 is 1.70 bits per heavy atom. The molecule has 2 amide bonds. The van der Waals surface area contributed by atoms with Crippen LogP contribution in [0, 0.1) is 17.8 Å². The Labute approximate surface area is 279 Å². The Bertz CT molecular complexity index is 1570. The monoisotopic (exact) mass is 666 g/mol. The largest absolute Gasteiger partial charge is 0.481 e. The van der Waals surface area contributed by atoms with Gasteiger partial charge in [-0.2, -0.15) is 0 Å². The highest BCUT2D eigenvalue weighted by molar-refractivity contribution is 6.34. The third kappa shape index (κ3) is 7.51. The van der Waals surface area contributed by atoms with Crippen molar-refractivity contribution in [2.45, 2.75) is 75.7 Å². The molecule has 252 valence electrons. The summed E-state index contributed by atoms with van der Waals surface area (Å²) in [6, 6.07) is 12.5. The van der Waals surface area contributed by atoms with Gasteiger partial charge in [-0.3, -0.25) is 14.4 Å². The number of carbonyl (C=O) groups excluding carboxylic acids is 2. The predicted molar refractivity (Wildman–Crippen MR) is 177 cm³/mol. The molecule has 2 saturated carbocycles. The number of carbonyl (C=O) groups is 3. The second-order valence-electron chi connectivity index (χ2n) is 13.2. The normalized spacial score (nSPS) is 27.7. The molecule has 47 heavy (non-hydrogen) atoms. The van der Waals surface area contributed by atoms with Gasteiger partial charge in [0.1, 0.15) is 11.8 Å². The molecule has 3 aromatic rings. The van der Waals surface area contributed by atoms with Gasteiger partial charge in [-0.1, -0.05) is 35.9 Å². The lowest BCUT2D eigenvalue weighted by Gasteiger charge is -2.30. The first kappa shape index (κ1) is 33.5. The van der Waals surface area contributed by atoms with E-state index in [-0.39, 0.29) is 48.5 Å². The zero-order valence-electron chi connectivity index (χ0n) is 26.9. The standard InChI is InChI=1S/C36H43ClN2O8/c1-44-32-16-23(17-33(32)45-2)24-15-25(19-46-26-10-8-22(9-11-26)36(42)43)39(18-24)34(40)14-21-7-12-30(29(37)13-21)38-35(41)28-20-47-31-6-4-3-5-27(28)31/h3-7,12-13,20,22-26,32-33H,8-11,14-19H2,1-2H3,(H,38,41)(H,42,43)/t22?,23?,24-,25-,26?,32-,33+/m0/s1. The molecule has 5 atom stereocenters. The Morgan fingerprint density at radius 3 is 2.38 bits per heavy atom. The summed E-state index contributed by atoms with van der Waals surface area (Å²) >= 11 is 6.61. The van der Waals surface area contributed by atoms with E-state index in [1.54, 1.807) is 32.4 Å². The predicted octanol–water partition coefficient (Wildman–Crippen LogP) is 6.20. The highest BCUT2D eigenvalue weighted by atomic mass is 35.5. The van der Waals surface area contributed by atoms with Crippen LogP contribution in [0.1, 0.15) is 60.9 Å². The van der Waals surface area contributed by atoms with Crippen LogP contribution in [0.5, 0.6) is 0 Å². The number of nitrogens with one attached hydrogen (secondary N) is 1. The number of carboxylic acids is 1. The van der Waals surface area contributed by atoms with Gasteiger partial charge >= 0.3 is 5.97 Å². The smallest absolute Gasteiger partial charge is 0.306 e. The maximum Gasteiger partial charge on any atom is 0.306 e. The van der Waals surface area contributed by atoms with Gasteiger partial charge in [0.05, 0.1) is 59.6 Å². The van der Waals surface area contributed by atoms with Gasteiger partial charge in [0, 0.05) is 26.2 Å². The number of anilines is 1. The molecule has 1 saturated heterocycles. The number of ether oxygens (including phenoxy) is 3. The van der Waals surface area contributed by atoms with Crippen LogP contribution in [0.25, 0.3) is 11.0 Å². The molecule has 0 bridgehead atoms. The number of fused-ring (bicyclic) bond motifs is 1. The molecule has 2 aliphatic carbocycles. The first-order chi connectivity index (χ1) is 22.7. The zero-order chi connectivity index (χ0) is 33.1. The van der Waals surface area contributed by atoms with E-state index in [1.165, 1.54) is 6.26 Å². The second-order valence-corrected chi connectivity index (χ2v) is 13.6. The van der Waals surface area contributed by atoms with E-state index in [0.717, 1.165) is 24.8 Å². The maximum atomic E-state index is 13.9. The Morgan fingerprint density at radius 1 is 0.979 bits per heavy atom. The van der Waals surface area contributed by atoms with Crippen LogP contribution < -0.4 is 5.32 Å². The number of carboxylic acid groups (broad SMARTS) is 1. The van der Waals surface area contributed by atoms with Crippen molar-refractivity contribution < 1.29 is 38.1 Å². The average Bonchev–Trinajstić information content (AvgIpc) is 3.82. The maximum absolute atomic E-state index is 13.9. The third-order valence-electron chi connectivity index (χ3n) is 10.4. The van der Waals surface area contributed by atoms with E-state index in [4.69, 9.17) is 30.2 Å². The highest BCUT2D eigenvalue weighted by Gasteiger charge is 2.45. The molecule has 1 unspecified atom stereocenters. The first-order valence-electron chi connectivity index (χ1n) is 16.5. The summed E-state index contributed by atoms with van der Waals surface area (Å²) in [6.45, 7) is 1.06. The van der Waals surface area contributed by atoms with Gasteiger partial charge < -0.3 is 34.0 Å². The van der Waals surface area contributed by atoms with Gasteiger partial charge in [0.25, 0.3) is 5.91 Å². The van der Waals surface area contributed by atoms with E-state index in [1.807, 2.05) is 29.2 Å². The van der Waals surface area contributed by atoms with Crippen LogP contribution >= 0.6 is 11.6 Å². The lowest BCUT2D eigenvalue weighted by Crippen LogP contribution is -2.40. The fraction of sp³-hybridized carbons (Fsp3) is 0.528. The van der Waals surface area contributed by atoms with Crippen molar-refractivity contribution in [1.29, 1.82) is 0 Å². The van der Waals surface area contributed by atoms with E-state index in [2.05, 4.69) is 5.32 Å². The number of para-hydroxylation sites is 1. The second kappa shape index (κ2) is 14.8. The summed E-state index contributed by atoms with van der Waals surface area (Å²) in [5.74, 6) is -0.694. The van der Waals surface area contributed by atoms with Gasteiger partial charge in [0.15, 0.2) is 0 Å². The van der Waals surface area contributed by atoms with Crippen molar-refractivity contribution in [3.8, 4) is 0 Å². The molecule has 1 aliphatic heterocycles. The van der Waals surface area contributed by atoms with Crippen molar-refractivity contribution >= 4 is 46.0 Å². The van der Waals surface area contributed by atoms with Crippen molar-refractivity contribution in [3.63, 3.8) is 0 Å². The minimum Gasteiger partial charge on any atom is -0.481 e. The van der Waals surface area contributed by atoms with Gasteiger partial charge in [0.2, 0.25) is 5.91 Å². The van der Waals surface area contributed by atoms with Crippen molar-refractivity contribution in [1.82, 2.24) is 4.90 Å². The lowest BCUT2D eigenvalue weighted by atomic mass is 9.87. The molecule has 2 heterocycles. The minimum atomic E-state index is -0.735. The highest BCUT2D eigenvalue weighted by Crippen LogP contribution is 2.41. The van der Waals surface area contributed by atoms with Crippen LogP contribution in [-0.4, -0.2) is 79.5 Å². The van der Waals surface area contributed by atoms with Gasteiger partial charge in [-0.05, 0) is 80.5 Å². The minimum absolute atomic E-state index is 0.00187. The third-order valence-corrected chi connectivity index (χ3v) is 10.7. The summed E-state index contributed by atoms with van der Waals surface area (Å²) in [6.07, 6.45) is 6.98. The summed E-state index contributed by atoms with van der Waals surface area (Å²) in [5.41, 5.74) is 2.24. The van der Waals surface area contributed by atoms with E-state index < -0.39 is 5.97 Å². The number of likely N-dealkylation sites (tertiary alicyclic amines) is 1. The fourth-order valence-corrected chi connectivity index (χ4v) is 8.00. The number of hydrogen-bond donors (Lipinski definition) is 2. The van der Waals surface area contributed by atoms with Crippen LogP contribution in [0.4, 0.5) is 5.69 Å². The number of hydrogen-bond acceptors (Lipinski definition) is 7. The number of furan rings is 1. The molecule has 10 nitrogen and oxygen atoms in total. The molecule has 1 aromatic heterocycles. The first-order valence-corrected chi connectivity index (χ1v) is 16.9. The fourth-order valence-electron chi connectivity index (χ4n) is 7.75.